The molecule has 1 aliphatic rings. The Labute approximate surface area is 266 Å². The van der Waals surface area contributed by atoms with Crippen LogP contribution in [-0.4, -0.2) is 71.3 Å². The summed E-state index contributed by atoms with van der Waals surface area (Å²) in [6.45, 7) is 8.64. The molecule has 0 radical (unpaired) electrons. The van der Waals surface area contributed by atoms with Crippen molar-refractivity contribution in [2.75, 3.05) is 19.6 Å². The van der Waals surface area contributed by atoms with Crippen LogP contribution in [0.2, 0.25) is 0 Å². The number of carbonyl (C=O) groups is 3. The van der Waals surface area contributed by atoms with Crippen molar-refractivity contribution in [1.82, 2.24) is 15.1 Å². The minimum Gasteiger partial charge on any atom is -0.344 e. The van der Waals surface area contributed by atoms with Gasteiger partial charge in [-0.05, 0) is 74.6 Å². The third-order valence-corrected chi connectivity index (χ3v) is 8.15. The van der Waals surface area contributed by atoms with Crippen LogP contribution in [0.5, 0.6) is 0 Å². The molecule has 2 unspecified atom stereocenters. The number of rotatable bonds is 15. The van der Waals surface area contributed by atoms with Crippen LogP contribution in [0.3, 0.4) is 0 Å². The minimum absolute atomic E-state index is 0. The highest BCUT2D eigenvalue weighted by Gasteiger charge is 2.47. The van der Waals surface area contributed by atoms with Crippen LogP contribution in [-0.2, 0) is 27.2 Å². The van der Waals surface area contributed by atoms with Gasteiger partial charge in [0.25, 0.3) is 5.78 Å². The average Bonchev–Trinajstić information content (AvgIpc) is 3.46. The summed E-state index contributed by atoms with van der Waals surface area (Å²) in [7, 11) is 0. The van der Waals surface area contributed by atoms with Gasteiger partial charge in [-0.1, -0.05) is 88.4 Å². The molecule has 10 heteroatoms. The van der Waals surface area contributed by atoms with Crippen LogP contribution in [0, 0.1) is 11.8 Å². The molecule has 0 saturated carbocycles. The lowest BCUT2D eigenvalue weighted by Crippen LogP contribution is -2.58. The third-order valence-electron chi connectivity index (χ3n) is 8.15. The van der Waals surface area contributed by atoms with Crippen molar-refractivity contribution < 1.29 is 27.6 Å². The summed E-state index contributed by atoms with van der Waals surface area (Å²) in [6.07, 6.45) is -0.709. The van der Waals surface area contributed by atoms with Gasteiger partial charge in [-0.25, -0.2) is 0 Å². The second kappa shape index (κ2) is 17.5. The number of nitrogens with zero attached hydrogens (tertiary/aromatic N) is 2. The Bertz CT molecular complexity index is 1130. The maximum Gasteiger partial charge on any atom is 0.452 e. The lowest BCUT2D eigenvalue weighted by molar-refractivity contribution is -0.175. The van der Waals surface area contributed by atoms with E-state index in [1.54, 1.807) is 0 Å². The summed E-state index contributed by atoms with van der Waals surface area (Å²) >= 11 is 0. The zero-order valence-corrected chi connectivity index (χ0v) is 27.0. The molecule has 0 spiro atoms. The van der Waals surface area contributed by atoms with Crippen molar-refractivity contribution in [1.29, 1.82) is 0 Å². The zero-order valence-electron chi connectivity index (χ0n) is 26.2. The summed E-state index contributed by atoms with van der Waals surface area (Å²) in [5.41, 5.74) is 2.45. The Kier molecular flexibility index (Phi) is 14.9. The Morgan fingerprint density at radius 1 is 0.864 bits per heavy atom. The molecule has 1 aliphatic heterocycles. The van der Waals surface area contributed by atoms with E-state index in [2.05, 4.69) is 34.5 Å². The molecule has 2 aromatic rings. The summed E-state index contributed by atoms with van der Waals surface area (Å²) in [5.74, 6) is -3.67. The lowest BCUT2D eigenvalue weighted by atomic mass is 9.97. The Hall–Kier alpha value is -2.91. The number of likely N-dealkylation sites (tertiary alicyclic amines) is 1. The summed E-state index contributed by atoms with van der Waals surface area (Å²) in [4.78, 5) is 43.2. The smallest absolute Gasteiger partial charge is 0.344 e. The fraction of sp³-hybridized carbons (Fsp3) is 0.559. The predicted octanol–water partition coefficient (Wildman–Crippen LogP) is 6.26. The van der Waals surface area contributed by atoms with E-state index < -0.39 is 41.9 Å². The van der Waals surface area contributed by atoms with E-state index in [9.17, 15) is 27.6 Å². The van der Waals surface area contributed by atoms with Gasteiger partial charge >= 0.3 is 6.18 Å². The number of halogens is 4. The first-order valence-corrected chi connectivity index (χ1v) is 15.4. The number of hydrogen-bond donors (Lipinski definition) is 1. The molecule has 44 heavy (non-hydrogen) atoms. The van der Waals surface area contributed by atoms with E-state index >= 15 is 0 Å². The first-order valence-electron chi connectivity index (χ1n) is 15.4. The SMILES string of the molecule is CC(C)C(NC(=O)C1CCCN1C(=O)[C@H](C(C)C)N(CCCc1ccccc1)CCCc1ccccc1)C(=O)C(F)(F)F.Cl. The molecule has 1 N–H and O–H groups in total. The fourth-order valence-electron chi connectivity index (χ4n) is 5.95. The van der Waals surface area contributed by atoms with E-state index in [-0.39, 0.29) is 24.2 Å². The predicted molar refractivity (Wildman–Crippen MR) is 170 cm³/mol. The van der Waals surface area contributed by atoms with Crippen LogP contribution in [0.1, 0.15) is 64.5 Å². The van der Waals surface area contributed by atoms with Crippen LogP contribution in [0.15, 0.2) is 60.7 Å². The van der Waals surface area contributed by atoms with Gasteiger partial charge in [-0.2, -0.15) is 13.2 Å². The van der Waals surface area contributed by atoms with Crippen molar-refractivity contribution in [3.8, 4) is 0 Å². The Morgan fingerprint density at radius 2 is 1.36 bits per heavy atom. The van der Waals surface area contributed by atoms with Gasteiger partial charge in [0.1, 0.15) is 6.04 Å². The van der Waals surface area contributed by atoms with Gasteiger partial charge in [-0.15, -0.1) is 12.4 Å². The second-order valence-electron chi connectivity index (χ2n) is 12.2. The highest BCUT2D eigenvalue weighted by molar-refractivity contribution is 5.96. The first kappa shape index (κ1) is 37.3. The number of ketones is 1. The van der Waals surface area contributed by atoms with Gasteiger partial charge in [-0.3, -0.25) is 19.3 Å². The minimum atomic E-state index is -5.06. The number of amides is 2. The van der Waals surface area contributed by atoms with Crippen molar-refractivity contribution in [3.63, 3.8) is 0 Å². The monoisotopic (exact) mass is 637 g/mol. The lowest BCUT2D eigenvalue weighted by Gasteiger charge is -2.38. The van der Waals surface area contributed by atoms with Gasteiger partial charge in [0.15, 0.2) is 0 Å². The van der Waals surface area contributed by atoms with E-state index in [1.165, 1.54) is 29.9 Å². The summed E-state index contributed by atoms with van der Waals surface area (Å²) < 4.78 is 39.7. The molecule has 244 valence electrons. The van der Waals surface area contributed by atoms with Crippen LogP contribution in [0.4, 0.5) is 13.2 Å². The van der Waals surface area contributed by atoms with Crippen LogP contribution in [0.25, 0.3) is 0 Å². The largest absolute Gasteiger partial charge is 0.452 e. The van der Waals surface area contributed by atoms with Gasteiger partial charge in [0.2, 0.25) is 11.8 Å². The molecule has 1 saturated heterocycles. The van der Waals surface area contributed by atoms with Crippen LogP contribution >= 0.6 is 12.4 Å². The van der Waals surface area contributed by atoms with Crippen molar-refractivity contribution in [3.05, 3.63) is 71.8 Å². The average molecular weight is 638 g/mol. The van der Waals surface area contributed by atoms with Gasteiger partial charge in [0.05, 0.1) is 12.1 Å². The van der Waals surface area contributed by atoms with E-state index in [0.717, 1.165) is 25.7 Å². The zero-order chi connectivity index (χ0) is 31.6. The topological polar surface area (TPSA) is 69.7 Å². The molecule has 0 aliphatic carbocycles. The van der Waals surface area contributed by atoms with Crippen molar-refractivity contribution in [2.45, 2.75) is 90.5 Å². The number of Topliss-reactive ketones (excluding diaryl/α,β-unsaturated/α-hetero) is 1. The highest BCUT2D eigenvalue weighted by atomic mass is 35.5. The third kappa shape index (κ3) is 10.6. The molecule has 1 fully saturated rings. The number of nitrogens with one attached hydrogen (secondary N) is 1. The molecule has 2 amide bonds. The Morgan fingerprint density at radius 3 is 1.80 bits per heavy atom. The van der Waals surface area contributed by atoms with E-state index in [4.69, 9.17) is 0 Å². The Balaban J connectivity index is 0.00000675. The van der Waals surface area contributed by atoms with Gasteiger partial charge < -0.3 is 10.2 Å². The quantitative estimate of drug-likeness (QED) is 0.250. The molecular formula is C34H47ClF3N3O3. The maximum absolute atomic E-state index is 14.2. The molecule has 0 bridgehead atoms. The number of hydrogen-bond acceptors (Lipinski definition) is 4. The van der Waals surface area contributed by atoms with E-state index in [0.29, 0.717) is 32.5 Å². The maximum atomic E-state index is 14.2. The number of alkyl halides is 3. The summed E-state index contributed by atoms with van der Waals surface area (Å²) in [5, 5.41) is 2.34. The fourth-order valence-corrected chi connectivity index (χ4v) is 5.95. The van der Waals surface area contributed by atoms with Crippen molar-refractivity contribution >= 4 is 30.0 Å². The van der Waals surface area contributed by atoms with Crippen molar-refractivity contribution in [2.24, 2.45) is 11.8 Å². The molecule has 1 heterocycles. The van der Waals surface area contributed by atoms with E-state index in [1.807, 2.05) is 50.2 Å². The number of carbonyl (C=O) groups excluding carboxylic acids is 3. The second-order valence-corrected chi connectivity index (χ2v) is 12.2. The van der Waals surface area contributed by atoms with Gasteiger partial charge in [0, 0.05) is 6.54 Å². The summed E-state index contributed by atoms with van der Waals surface area (Å²) in [6, 6.07) is 17.3. The molecule has 2 aromatic carbocycles. The molecular weight excluding hydrogens is 591 g/mol. The molecule has 6 nitrogen and oxygen atoms in total. The highest BCUT2D eigenvalue weighted by Crippen LogP contribution is 2.26. The molecule has 3 atom stereocenters. The van der Waals surface area contributed by atoms with Crippen LogP contribution < -0.4 is 5.32 Å². The standard InChI is InChI=1S/C34H46F3N3O3.ClH/c1-24(2)29(31(41)34(35,36)37)38-32(42)28-20-13-23-40(28)33(43)30(25(3)4)39(21-11-18-26-14-7-5-8-15-26)22-12-19-27-16-9-6-10-17-27;/h5-10,14-17,24-25,28-30H,11-13,18-23H2,1-4H3,(H,38,42);1H/t28?,29?,30-;/m0./s1. The number of benzene rings is 2. The molecule has 3 rings (SSSR count). The number of aryl methyl sites for hydroxylation is 2. The molecule has 0 aromatic heterocycles. The first-order chi connectivity index (χ1) is 20.4. The normalized spacial score (nSPS) is 16.6.